The van der Waals surface area contributed by atoms with Gasteiger partial charge in [0.25, 0.3) is 0 Å². The third-order valence-electron chi connectivity index (χ3n) is 4.45. The molecule has 0 saturated heterocycles. The number of thiophene rings is 1. The highest BCUT2D eigenvalue weighted by Gasteiger charge is 2.29. The van der Waals surface area contributed by atoms with Gasteiger partial charge in [-0.3, -0.25) is 9.59 Å². The lowest BCUT2D eigenvalue weighted by Gasteiger charge is -2.15. The Morgan fingerprint density at radius 1 is 1.15 bits per heavy atom. The van der Waals surface area contributed by atoms with E-state index in [1.807, 2.05) is 0 Å². The monoisotopic (exact) mass is 389 g/mol. The molecule has 1 amide bonds. The van der Waals surface area contributed by atoms with Gasteiger partial charge >= 0.3 is 5.97 Å². The first-order valence-corrected chi connectivity index (χ1v) is 9.61. The Morgan fingerprint density at radius 2 is 1.81 bits per heavy atom. The van der Waals surface area contributed by atoms with E-state index in [1.165, 1.54) is 49.4 Å². The van der Waals surface area contributed by atoms with Crippen LogP contribution in [0.5, 0.6) is 0 Å². The van der Waals surface area contributed by atoms with E-state index in [0.717, 1.165) is 36.1 Å². The number of esters is 1. The third kappa shape index (κ3) is 4.24. The zero-order valence-electron chi connectivity index (χ0n) is 15.1. The maximum absolute atomic E-state index is 13.0. The predicted molar refractivity (Wildman–Crippen MR) is 101 cm³/mol. The predicted octanol–water partition coefficient (Wildman–Crippen LogP) is 4.15. The SMILES string of the molecule is CC(=O)Nc1sc2c(c1C(=O)O[C@@H](C)C(=O)c1ccc(F)cc1)CCCC2. The van der Waals surface area contributed by atoms with Crippen molar-refractivity contribution >= 4 is 34.0 Å². The number of carbonyl (C=O) groups is 3. The highest BCUT2D eigenvalue weighted by atomic mass is 32.1. The summed E-state index contributed by atoms with van der Waals surface area (Å²) in [7, 11) is 0. The molecule has 2 aromatic rings. The second-order valence-corrected chi connectivity index (χ2v) is 7.62. The van der Waals surface area contributed by atoms with Crippen molar-refractivity contribution in [3.63, 3.8) is 0 Å². The Kier molecular flexibility index (Phi) is 5.70. The zero-order valence-corrected chi connectivity index (χ0v) is 16.0. The number of halogens is 1. The van der Waals surface area contributed by atoms with Crippen LogP contribution in [0.25, 0.3) is 0 Å². The summed E-state index contributed by atoms with van der Waals surface area (Å²) in [4.78, 5) is 37.8. The van der Waals surface area contributed by atoms with Crippen molar-refractivity contribution in [2.75, 3.05) is 5.32 Å². The molecule has 0 unspecified atom stereocenters. The normalized spacial score (nSPS) is 14.2. The van der Waals surface area contributed by atoms with E-state index in [1.54, 1.807) is 0 Å². The molecule has 0 bridgehead atoms. The van der Waals surface area contributed by atoms with Crippen LogP contribution in [0.1, 0.15) is 57.8 Å². The Labute approximate surface area is 160 Å². The van der Waals surface area contributed by atoms with Crippen LogP contribution in [0, 0.1) is 5.82 Å². The van der Waals surface area contributed by atoms with E-state index in [-0.39, 0.29) is 11.5 Å². The van der Waals surface area contributed by atoms with Gasteiger partial charge in [-0.05, 0) is 62.4 Å². The highest BCUT2D eigenvalue weighted by molar-refractivity contribution is 7.17. The second-order valence-electron chi connectivity index (χ2n) is 6.51. The Bertz CT molecular complexity index is 888. The van der Waals surface area contributed by atoms with Gasteiger partial charge in [0, 0.05) is 17.4 Å². The standard InChI is InChI=1S/C20H20FNO4S/c1-11(18(24)13-7-9-14(21)10-8-13)26-20(25)17-15-5-3-4-6-16(15)27-19(17)22-12(2)23/h7-11H,3-6H2,1-2H3,(H,22,23)/t11-/m0/s1. The number of anilines is 1. The van der Waals surface area contributed by atoms with Crippen molar-refractivity contribution < 1.29 is 23.5 Å². The Balaban J connectivity index is 1.82. The molecule has 0 fully saturated rings. The summed E-state index contributed by atoms with van der Waals surface area (Å²) >= 11 is 1.39. The van der Waals surface area contributed by atoms with Crippen molar-refractivity contribution in [3.05, 3.63) is 51.7 Å². The molecule has 1 N–H and O–H groups in total. The van der Waals surface area contributed by atoms with Gasteiger partial charge in [-0.15, -0.1) is 11.3 Å². The molecule has 0 aliphatic heterocycles. The number of hydrogen-bond acceptors (Lipinski definition) is 5. The van der Waals surface area contributed by atoms with Crippen LogP contribution in [-0.4, -0.2) is 23.8 Å². The van der Waals surface area contributed by atoms with Crippen LogP contribution in [0.15, 0.2) is 24.3 Å². The Morgan fingerprint density at radius 3 is 2.48 bits per heavy atom. The molecule has 1 aliphatic rings. The third-order valence-corrected chi connectivity index (χ3v) is 5.65. The maximum Gasteiger partial charge on any atom is 0.342 e. The lowest BCUT2D eigenvalue weighted by atomic mass is 9.95. The molecule has 0 radical (unpaired) electrons. The molecule has 1 heterocycles. The van der Waals surface area contributed by atoms with Crippen molar-refractivity contribution in [3.8, 4) is 0 Å². The summed E-state index contributed by atoms with van der Waals surface area (Å²) < 4.78 is 18.4. The largest absolute Gasteiger partial charge is 0.451 e. The molecule has 5 nitrogen and oxygen atoms in total. The number of nitrogens with one attached hydrogen (secondary N) is 1. The fourth-order valence-corrected chi connectivity index (χ4v) is 4.48. The molecule has 1 aromatic heterocycles. The minimum absolute atomic E-state index is 0.266. The maximum atomic E-state index is 13.0. The number of carbonyl (C=O) groups excluding carboxylic acids is 3. The van der Waals surface area contributed by atoms with E-state index < -0.39 is 23.7 Å². The van der Waals surface area contributed by atoms with Crippen LogP contribution in [0.4, 0.5) is 9.39 Å². The highest BCUT2D eigenvalue weighted by Crippen LogP contribution is 2.38. The lowest BCUT2D eigenvalue weighted by molar-refractivity contribution is -0.114. The van der Waals surface area contributed by atoms with Crippen LogP contribution in [0.3, 0.4) is 0 Å². The van der Waals surface area contributed by atoms with Crippen LogP contribution < -0.4 is 5.32 Å². The molecular weight excluding hydrogens is 369 g/mol. The minimum Gasteiger partial charge on any atom is -0.451 e. The van der Waals surface area contributed by atoms with E-state index in [2.05, 4.69) is 5.32 Å². The molecule has 0 saturated carbocycles. The van der Waals surface area contributed by atoms with Gasteiger partial charge in [0.2, 0.25) is 11.7 Å². The van der Waals surface area contributed by atoms with Crippen molar-refractivity contribution in [1.29, 1.82) is 0 Å². The summed E-state index contributed by atoms with van der Waals surface area (Å²) in [6, 6.07) is 5.09. The van der Waals surface area contributed by atoms with E-state index in [0.29, 0.717) is 10.6 Å². The summed E-state index contributed by atoms with van der Waals surface area (Å²) in [6.07, 6.45) is 2.60. The van der Waals surface area contributed by atoms with Gasteiger partial charge in [-0.25, -0.2) is 9.18 Å². The minimum atomic E-state index is -1.02. The van der Waals surface area contributed by atoms with Gasteiger partial charge in [0.15, 0.2) is 6.10 Å². The van der Waals surface area contributed by atoms with Gasteiger partial charge in [-0.2, -0.15) is 0 Å². The molecule has 1 atom stereocenters. The fraction of sp³-hybridized carbons (Fsp3) is 0.350. The molecule has 1 aliphatic carbocycles. The number of ether oxygens (including phenoxy) is 1. The van der Waals surface area contributed by atoms with Gasteiger partial charge < -0.3 is 10.1 Å². The number of fused-ring (bicyclic) bond motifs is 1. The first-order valence-electron chi connectivity index (χ1n) is 8.79. The average molecular weight is 389 g/mol. The molecule has 1 aromatic carbocycles. The number of Topliss-reactive ketones (excluding diaryl/α,β-unsaturated/α-hetero) is 1. The smallest absolute Gasteiger partial charge is 0.342 e. The summed E-state index contributed by atoms with van der Waals surface area (Å²) in [5, 5.41) is 3.18. The van der Waals surface area contributed by atoms with E-state index in [9.17, 15) is 18.8 Å². The number of amides is 1. The van der Waals surface area contributed by atoms with Crippen molar-refractivity contribution in [2.24, 2.45) is 0 Å². The summed E-state index contributed by atoms with van der Waals surface area (Å²) in [5.74, 6) is -1.74. The average Bonchev–Trinajstić information content (AvgIpc) is 2.98. The molecule has 0 spiro atoms. The van der Waals surface area contributed by atoms with Crippen LogP contribution in [0.2, 0.25) is 0 Å². The lowest BCUT2D eigenvalue weighted by Crippen LogP contribution is -2.25. The molecule has 3 rings (SSSR count). The fourth-order valence-electron chi connectivity index (χ4n) is 3.15. The molecule has 7 heteroatoms. The van der Waals surface area contributed by atoms with Crippen molar-refractivity contribution in [1.82, 2.24) is 0 Å². The number of rotatable bonds is 5. The van der Waals surface area contributed by atoms with Crippen molar-refractivity contribution in [2.45, 2.75) is 45.6 Å². The summed E-state index contributed by atoms with van der Waals surface area (Å²) in [5.41, 5.74) is 1.52. The van der Waals surface area contributed by atoms with Crippen LogP contribution in [-0.2, 0) is 22.4 Å². The van der Waals surface area contributed by atoms with E-state index in [4.69, 9.17) is 4.74 Å². The van der Waals surface area contributed by atoms with E-state index >= 15 is 0 Å². The topological polar surface area (TPSA) is 72.5 Å². The zero-order chi connectivity index (χ0) is 19.6. The second kappa shape index (κ2) is 8.00. The van der Waals surface area contributed by atoms with Gasteiger partial charge in [0.05, 0.1) is 5.56 Å². The summed E-state index contributed by atoms with van der Waals surface area (Å²) in [6.45, 7) is 2.87. The molecule has 27 heavy (non-hydrogen) atoms. The number of hydrogen-bond donors (Lipinski definition) is 1. The first-order chi connectivity index (χ1) is 12.9. The van der Waals surface area contributed by atoms with Gasteiger partial charge in [0.1, 0.15) is 10.8 Å². The quantitative estimate of drug-likeness (QED) is 0.616. The number of benzene rings is 1. The molecular formula is C20H20FNO4S. The first kappa shape index (κ1) is 19.2. The number of aryl methyl sites for hydroxylation is 1. The Hall–Kier alpha value is -2.54. The molecule has 142 valence electrons. The number of ketones is 1. The van der Waals surface area contributed by atoms with Crippen LogP contribution >= 0.6 is 11.3 Å². The van der Waals surface area contributed by atoms with Gasteiger partial charge in [-0.1, -0.05) is 0 Å².